The lowest BCUT2D eigenvalue weighted by Gasteiger charge is -2.30. The zero-order valence-corrected chi connectivity index (χ0v) is 12.2. The van der Waals surface area contributed by atoms with Crippen molar-refractivity contribution in [3.05, 3.63) is 29.3 Å². The van der Waals surface area contributed by atoms with E-state index >= 15 is 0 Å². The first-order chi connectivity index (χ1) is 8.45. The Bertz CT molecular complexity index is 425. The van der Waals surface area contributed by atoms with Gasteiger partial charge in [-0.05, 0) is 56.3 Å². The van der Waals surface area contributed by atoms with E-state index in [1.165, 1.54) is 17.5 Å². The van der Waals surface area contributed by atoms with E-state index in [1.54, 1.807) is 0 Å². The summed E-state index contributed by atoms with van der Waals surface area (Å²) in [6, 6.07) is 6.72. The van der Waals surface area contributed by atoms with Crippen molar-refractivity contribution in [2.75, 3.05) is 7.05 Å². The van der Waals surface area contributed by atoms with E-state index in [1.807, 2.05) is 7.05 Å². The Labute approximate surface area is 111 Å². The van der Waals surface area contributed by atoms with Gasteiger partial charge in [0.15, 0.2) is 0 Å². The molecule has 2 heteroatoms. The number of rotatable bonds is 3. The Balaban J connectivity index is 2.17. The molecular formula is C16H25NO. The van der Waals surface area contributed by atoms with E-state index in [-0.39, 0.29) is 6.10 Å². The lowest BCUT2D eigenvalue weighted by Crippen LogP contribution is -2.44. The van der Waals surface area contributed by atoms with Crippen molar-refractivity contribution in [1.29, 1.82) is 0 Å². The third kappa shape index (κ3) is 2.39. The maximum Gasteiger partial charge on any atom is 0.122 e. The molecule has 1 fully saturated rings. The van der Waals surface area contributed by atoms with Crippen LogP contribution in [0.1, 0.15) is 37.8 Å². The molecule has 1 aromatic rings. The van der Waals surface area contributed by atoms with E-state index < -0.39 is 0 Å². The molecule has 0 aromatic heterocycles. The molecule has 100 valence electrons. The highest BCUT2D eigenvalue weighted by Crippen LogP contribution is 2.39. The number of aryl methyl sites for hydroxylation is 1. The van der Waals surface area contributed by atoms with Crippen molar-refractivity contribution < 1.29 is 4.74 Å². The summed E-state index contributed by atoms with van der Waals surface area (Å²) in [5.41, 5.74) is 2.87. The molecule has 0 amide bonds. The van der Waals surface area contributed by atoms with Gasteiger partial charge in [-0.2, -0.15) is 0 Å². The molecule has 2 atom stereocenters. The van der Waals surface area contributed by atoms with Gasteiger partial charge in [0.05, 0.1) is 0 Å². The van der Waals surface area contributed by atoms with Crippen molar-refractivity contribution in [3.63, 3.8) is 0 Å². The van der Waals surface area contributed by atoms with Crippen molar-refractivity contribution >= 4 is 0 Å². The minimum Gasteiger partial charge on any atom is -0.489 e. The average Bonchev–Trinajstić information content (AvgIpc) is 2.60. The normalized spacial score (nSPS) is 26.3. The maximum absolute atomic E-state index is 6.26. The highest BCUT2D eigenvalue weighted by atomic mass is 16.5. The van der Waals surface area contributed by atoms with Crippen LogP contribution in [0.2, 0.25) is 0 Å². The molecule has 0 bridgehead atoms. The van der Waals surface area contributed by atoms with Crippen molar-refractivity contribution in [1.82, 2.24) is 5.32 Å². The highest BCUT2D eigenvalue weighted by molar-refractivity contribution is 5.38. The summed E-state index contributed by atoms with van der Waals surface area (Å²) in [4.78, 5) is 0. The summed E-state index contributed by atoms with van der Waals surface area (Å²) >= 11 is 0. The SMILES string of the molecule is CNC1C(Oc2cccc(C)c2C)CCC1(C)C. The Morgan fingerprint density at radius 2 is 2.00 bits per heavy atom. The number of nitrogens with one attached hydrogen (secondary N) is 1. The van der Waals surface area contributed by atoms with Gasteiger partial charge in [-0.15, -0.1) is 0 Å². The zero-order chi connectivity index (χ0) is 13.3. The summed E-state index contributed by atoms with van der Waals surface area (Å²) < 4.78 is 6.26. The molecule has 18 heavy (non-hydrogen) atoms. The monoisotopic (exact) mass is 247 g/mol. The van der Waals surface area contributed by atoms with E-state index in [9.17, 15) is 0 Å². The molecule has 0 saturated heterocycles. The summed E-state index contributed by atoms with van der Waals surface area (Å²) in [5.74, 6) is 1.04. The minimum atomic E-state index is 0.283. The molecule has 0 heterocycles. The lowest BCUT2D eigenvalue weighted by molar-refractivity contribution is 0.145. The van der Waals surface area contributed by atoms with Gasteiger partial charge in [0.25, 0.3) is 0 Å². The maximum atomic E-state index is 6.26. The molecule has 1 saturated carbocycles. The fourth-order valence-electron chi connectivity index (χ4n) is 3.06. The van der Waals surface area contributed by atoms with Gasteiger partial charge in [0.1, 0.15) is 11.9 Å². The van der Waals surface area contributed by atoms with Crippen LogP contribution in [0, 0.1) is 19.3 Å². The second kappa shape index (κ2) is 4.93. The second-order valence-corrected chi connectivity index (χ2v) is 6.15. The lowest BCUT2D eigenvalue weighted by atomic mass is 9.87. The topological polar surface area (TPSA) is 21.3 Å². The van der Waals surface area contributed by atoms with Gasteiger partial charge in [0, 0.05) is 6.04 Å². The number of benzene rings is 1. The predicted molar refractivity (Wildman–Crippen MR) is 76.2 cm³/mol. The van der Waals surface area contributed by atoms with E-state index in [0.717, 1.165) is 12.2 Å². The molecule has 0 aliphatic heterocycles. The van der Waals surface area contributed by atoms with Gasteiger partial charge in [-0.25, -0.2) is 0 Å². The molecule has 1 N–H and O–H groups in total. The standard InChI is InChI=1S/C16H25NO/c1-11-7-6-8-13(12(11)2)18-14-9-10-16(3,4)15(14)17-5/h6-8,14-15,17H,9-10H2,1-5H3. The first-order valence-corrected chi connectivity index (χ1v) is 6.86. The molecule has 2 rings (SSSR count). The van der Waals surface area contributed by atoms with Crippen LogP contribution in [-0.4, -0.2) is 19.2 Å². The van der Waals surface area contributed by atoms with Crippen LogP contribution in [0.4, 0.5) is 0 Å². The third-order valence-electron chi connectivity index (χ3n) is 4.43. The summed E-state index contributed by atoms with van der Waals surface area (Å²) in [5, 5.41) is 3.43. The largest absolute Gasteiger partial charge is 0.489 e. The number of hydrogen-bond donors (Lipinski definition) is 1. The number of hydrogen-bond acceptors (Lipinski definition) is 2. The van der Waals surface area contributed by atoms with Crippen molar-refractivity contribution in [2.24, 2.45) is 5.41 Å². The summed E-state index contributed by atoms with van der Waals surface area (Å²) in [6.45, 7) is 8.91. The molecule has 2 unspecified atom stereocenters. The van der Waals surface area contributed by atoms with Crippen molar-refractivity contribution in [2.45, 2.75) is 52.7 Å². The fourth-order valence-corrected chi connectivity index (χ4v) is 3.06. The van der Waals surface area contributed by atoms with E-state index in [4.69, 9.17) is 4.74 Å². The molecule has 1 aliphatic carbocycles. The molecule has 1 aromatic carbocycles. The number of ether oxygens (including phenoxy) is 1. The first-order valence-electron chi connectivity index (χ1n) is 6.86. The third-order valence-corrected chi connectivity index (χ3v) is 4.43. The molecule has 0 radical (unpaired) electrons. The van der Waals surface area contributed by atoms with Crippen LogP contribution < -0.4 is 10.1 Å². The highest BCUT2D eigenvalue weighted by Gasteiger charge is 2.42. The van der Waals surface area contributed by atoms with Crippen molar-refractivity contribution in [3.8, 4) is 5.75 Å². The van der Waals surface area contributed by atoms with Crippen LogP contribution in [0.3, 0.4) is 0 Å². The Hall–Kier alpha value is -1.02. The van der Waals surface area contributed by atoms with E-state index in [0.29, 0.717) is 11.5 Å². The molecular weight excluding hydrogens is 222 g/mol. The van der Waals surface area contributed by atoms with Crippen LogP contribution >= 0.6 is 0 Å². The van der Waals surface area contributed by atoms with Gasteiger partial charge in [-0.3, -0.25) is 0 Å². The van der Waals surface area contributed by atoms with Crippen LogP contribution in [0.15, 0.2) is 18.2 Å². The smallest absolute Gasteiger partial charge is 0.122 e. The van der Waals surface area contributed by atoms with Crippen LogP contribution in [-0.2, 0) is 0 Å². The fraction of sp³-hybridized carbons (Fsp3) is 0.625. The Morgan fingerprint density at radius 1 is 1.28 bits per heavy atom. The predicted octanol–water partition coefficient (Wildman–Crippen LogP) is 3.46. The van der Waals surface area contributed by atoms with Crippen LogP contribution in [0.25, 0.3) is 0 Å². The molecule has 2 nitrogen and oxygen atoms in total. The average molecular weight is 247 g/mol. The Morgan fingerprint density at radius 3 is 2.67 bits per heavy atom. The van der Waals surface area contributed by atoms with Gasteiger partial charge in [0.2, 0.25) is 0 Å². The molecule has 0 spiro atoms. The zero-order valence-electron chi connectivity index (χ0n) is 12.2. The summed E-state index contributed by atoms with van der Waals surface area (Å²) in [6.07, 6.45) is 2.63. The minimum absolute atomic E-state index is 0.283. The quantitative estimate of drug-likeness (QED) is 0.883. The molecule has 1 aliphatic rings. The first kappa shape index (κ1) is 13.4. The van der Waals surface area contributed by atoms with Gasteiger partial charge >= 0.3 is 0 Å². The van der Waals surface area contributed by atoms with E-state index in [2.05, 4.69) is 51.2 Å². The summed E-state index contributed by atoms with van der Waals surface area (Å²) in [7, 11) is 2.04. The van der Waals surface area contributed by atoms with Crippen LogP contribution in [0.5, 0.6) is 5.75 Å². The Kier molecular flexibility index (Phi) is 3.67. The number of likely N-dealkylation sites (N-methyl/N-ethyl adjacent to an activating group) is 1. The van der Waals surface area contributed by atoms with Gasteiger partial charge in [-0.1, -0.05) is 26.0 Å². The van der Waals surface area contributed by atoms with Gasteiger partial charge < -0.3 is 10.1 Å². The second-order valence-electron chi connectivity index (χ2n) is 6.15.